The van der Waals surface area contributed by atoms with E-state index < -0.39 is 0 Å². The lowest BCUT2D eigenvalue weighted by Gasteiger charge is -2.37. The van der Waals surface area contributed by atoms with Gasteiger partial charge in [-0.05, 0) is 56.9 Å². The van der Waals surface area contributed by atoms with Crippen LogP contribution in [-0.2, 0) is 4.79 Å². The first-order valence-electron chi connectivity index (χ1n) is 8.77. The molecule has 1 aliphatic carbocycles. The summed E-state index contributed by atoms with van der Waals surface area (Å²) < 4.78 is 0. The summed E-state index contributed by atoms with van der Waals surface area (Å²) in [6.07, 6.45) is 7.29. The molecule has 3 N–H and O–H groups in total. The second kappa shape index (κ2) is 7.32. The van der Waals surface area contributed by atoms with Gasteiger partial charge in [0.15, 0.2) is 0 Å². The molecule has 24 heavy (non-hydrogen) atoms. The Morgan fingerprint density at radius 2 is 1.92 bits per heavy atom. The van der Waals surface area contributed by atoms with E-state index in [1.807, 2.05) is 19.9 Å². The maximum atomic E-state index is 12.6. The molecule has 5 nitrogen and oxygen atoms in total. The van der Waals surface area contributed by atoms with Crippen LogP contribution in [0.15, 0.2) is 28.2 Å². The Hall–Kier alpha value is -1.91. The molecular formula is C19H30N4O. The maximum absolute atomic E-state index is 12.6. The quantitative estimate of drug-likeness (QED) is 0.547. The first-order chi connectivity index (χ1) is 11.2. The summed E-state index contributed by atoms with van der Waals surface area (Å²) in [4.78, 5) is 16.9. The smallest absolute Gasteiger partial charge is 0.256 e. The largest absolute Gasteiger partial charge is 0.349 e. The van der Waals surface area contributed by atoms with Crippen molar-refractivity contribution in [2.75, 3.05) is 0 Å². The Morgan fingerprint density at radius 1 is 1.29 bits per heavy atom. The molecule has 1 amide bonds. The number of allylic oxidation sites excluding steroid dienone is 2. The van der Waals surface area contributed by atoms with Crippen molar-refractivity contribution in [3.8, 4) is 0 Å². The molecule has 1 aliphatic heterocycles. The Bertz CT molecular complexity index is 599. The van der Waals surface area contributed by atoms with Gasteiger partial charge in [-0.3, -0.25) is 4.79 Å². The Morgan fingerprint density at radius 3 is 2.42 bits per heavy atom. The monoisotopic (exact) mass is 330 g/mol. The fraction of sp³-hybridized carbons (Fsp3) is 0.632. The highest BCUT2D eigenvalue weighted by Gasteiger charge is 2.30. The highest BCUT2D eigenvalue weighted by Crippen LogP contribution is 2.37. The molecule has 0 atom stereocenters. The van der Waals surface area contributed by atoms with Crippen LogP contribution in [-0.4, -0.2) is 23.9 Å². The van der Waals surface area contributed by atoms with Gasteiger partial charge in [0.2, 0.25) is 0 Å². The number of hydrogen-bond acceptors (Lipinski definition) is 4. The van der Waals surface area contributed by atoms with Gasteiger partial charge in [0, 0.05) is 23.7 Å². The minimum absolute atomic E-state index is 0.192. The average molecular weight is 330 g/mol. The molecule has 0 saturated heterocycles. The van der Waals surface area contributed by atoms with Crippen molar-refractivity contribution in [1.82, 2.24) is 10.6 Å². The molecule has 0 radical (unpaired) electrons. The number of nitrogens with zero attached hydrogens (tertiary/aromatic N) is 1. The van der Waals surface area contributed by atoms with Crippen molar-refractivity contribution in [3.63, 3.8) is 0 Å². The normalized spacial score (nSPS) is 26.7. The summed E-state index contributed by atoms with van der Waals surface area (Å²) in [5.74, 6) is 0.965. The summed E-state index contributed by atoms with van der Waals surface area (Å²) >= 11 is 0. The van der Waals surface area contributed by atoms with Crippen LogP contribution in [0.5, 0.6) is 0 Å². The van der Waals surface area contributed by atoms with Crippen molar-refractivity contribution < 1.29 is 4.79 Å². The van der Waals surface area contributed by atoms with E-state index >= 15 is 0 Å². The number of carbonyl (C=O) groups is 1. The SMILES string of the molecule is CC1=CC(C)=N/C(=C(/C=N)C(=O)NC2CCC(C(C)(C)C)CC2)N1. The number of aliphatic imine (C=N–C) groups is 1. The van der Waals surface area contributed by atoms with Crippen LogP contribution < -0.4 is 10.6 Å². The third-order valence-corrected chi connectivity index (χ3v) is 4.96. The standard InChI is InChI=1S/C19H30N4O/c1-12-10-13(2)22-17(21-12)16(11-20)18(24)23-15-8-6-14(7-9-15)19(3,4)5/h10-11,14-15,20-21H,6-9H2,1-5H3,(H,23,24)/b17-16-,20-11?. The molecule has 1 heterocycles. The molecular weight excluding hydrogens is 300 g/mol. The van der Waals surface area contributed by atoms with Crippen LogP contribution in [0.2, 0.25) is 0 Å². The number of amides is 1. The van der Waals surface area contributed by atoms with Gasteiger partial charge < -0.3 is 16.0 Å². The van der Waals surface area contributed by atoms with Crippen LogP contribution in [0.1, 0.15) is 60.3 Å². The van der Waals surface area contributed by atoms with Gasteiger partial charge in [-0.2, -0.15) is 0 Å². The van der Waals surface area contributed by atoms with E-state index in [0.29, 0.717) is 22.7 Å². The Balaban J connectivity index is 2.02. The second-order valence-electron chi connectivity index (χ2n) is 8.00. The van der Waals surface area contributed by atoms with E-state index in [1.54, 1.807) is 0 Å². The van der Waals surface area contributed by atoms with Crippen molar-refractivity contribution >= 4 is 17.8 Å². The van der Waals surface area contributed by atoms with Gasteiger partial charge in [-0.15, -0.1) is 0 Å². The molecule has 132 valence electrons. The van der Waals surface area contributed by atoms with E-state index in [0.717, 1.165) is 43.3 Å². The zero-order valence-corrected chi connectivity index (χ0v) is 15.5. The molecule has 5 heteroatoms. The summed E-state index contributed by atoms with van der Waals surface area (Å²) in [5.41, 5.74) is 2.38. The van der Waals surface area contributed by atoms with Crippen LogP contribution in [0.25, 0.3) is 0 Å². The minimum atomic E-state index is -0.210. The molecule has 1 saturated carbocycles. The molecule has 0 spiro atoms. The van der Waals surface area contributed by atoms with E-state index in [-0.39, 0.29) is 11.9 Å². The lowest BCUT2D eigenvalue weighted by atomic mass is 9.71. The Labute approximate surface area is 145 Å². The summed E-state index contributed by atoms with van der Waals surface area (Å²) in [7, 11) is 0. The maximum Gasteiger partial charge on any atom is 0.256 e. The van der Waals surface area contributed by atoms with Crippen molar-refractivity contribution in [3.05, 3.63) is 23.2 Å². The van der Waals surface area contributed by atoms with Crippen molar-refractivity contribution in [1.29, 1.82) is 5.41 Å². The van der Waals surface area contributed by atoms with E-state index in [9.17, 15) is 4.79 Å². The summed E-state index contributed by atoms with van der Waals surface area (Å²) in [6.45, 7) is 10.7. The zero-order valence-electron chi connectivity index (χ0n) is 15.5. The lowest BCUT2D eigenvalue weighted by molar-refractivity contribution is -0.118. The average Bonchev–Trinajstić information content (AvgIpc) is 2.46. The molecule has 0 bridgehead atoms. The fourth-order valence-corrected chi connectivity index (χ4v) is 3.51. The van der Waals surface area contributed by atoms with Crippen LogP contribution in [0.4, 0.5) is 0 Å². The minimum Gasteiger partial charge on any atom is -0.349 e. The summed E-state index contributed by atoms with van der Waals surface area (Å²) in [6, 6.07) is 0.192. The van der Waals surface area contributed by atoms with Crippen molar-refractivity contribution in [2.24, 2.45) is 16.3 Å². The molecule has 0 aromatic heterocycles. The number of hydrogen-bond donors (Lipinski definition) is 3. The first-order valence-corrected chi connectivity index (χ1v) is 8.77. The van der Waals surface area contributed by atoms with E-state index in [1.165, 1.54) is 0 Å². The van der Waals surface area contributed by atoms with Crippen LogP contribution in [0.3, 0.4) is 0 Å². The first kappa shape index (κ1) is 18.4. The van der Waals surface area contributed by atoms with E-state index in [4.69, 9.17) is 5.41 Å². The zero-order chi connectivity index (χ0) is 17.9. The number of carbonyl (C=O) groups excluding carboxylic acids is 1. The summed E-state index contributed by atoms with van der Waals surface area (Å²) in [5, 5.41) is 13.8. The molecule has 1 fully saturated rings. The van der Waals surface area contributed by atoms with Gasteiger partial charge >= 0.3 is 0 Å². The second-order valence-corrected chi connectivity index (χ2v) is 8.00. The highest BCUT2D eigenvalue weighted by atomic mass is 16.1. The van der Waals surface area contributed by atoms with Gasteiger partial charge in [0.05, 0.1) is 5.57 Å². The van der Waals surface area contributed by atoms with Crippen LogP contribution in [0, 0.1) is 16.7 Å². The third-order valence-electron chi connectivity index (χ3n) is 4.96. The van der Waals surface area contributed by atoms with E-state index in [2.05, 4.69) is 36.4 Å². The highest BCUT2D eigenvalue weighted by molar-refractivity contribution is 6.12. The van der Waals surface area contributed by atoms with Crippen LogP contribution >= 0.6 is 0 Å². The lowest BCUT2D eigenvalue weighted by Crippen LogP contribution is -2.41. The number of rotatable bonds is 3. The fourth-order valence-electron chi connectivity index (χ4n) is 3.51. The van der Waals surface area contributed by atoms with Crippen molar-refractivity contribution in [2.45, 2.75) is 66.3 Å². The molecule has 2 aliphatic rings. The van der Waals surface area contributed by atoms with Gasteiger partial charge in [-0.25, -0.2) is 4.99 Å². The molecule has 0 aromatic carbocycles. The molecule has 0 aromatic rings. The Kier molecular flexibility index (Phi) is 5.62. The molecule has 0 unspecified atom stereocenters. The van der Waals surface area contributed by atoms with Gasteiger partial charge in [-0.1, -0.05) is 20.8 Å². The molecule has 2 rings (SSSR count). The predicted octanol–water partition coefficient (Wildman–Crippen LogP) is 3.54. The predicted molar refractivity (Wildman–Crippen MR) is 99.2 cm³/mol. The van der Waals surface area contributed by atoms with Gasteiger partial charge in [0.1, 0.15) is 5.82 Å². The van der Waals surface area contributed by atoms with Gasteiger partial charge in [0.25, 0.3) is 5.91 Å². The number of nitrogens with one attached hydrogen (secondary N) is 3. The third kappa shape index (κ3) is 4.56. The topological polar surface area (TPSA) is 77.3 Å².